The Labute approximate surface area is 266 Å². The number of anilines is 2. The first-order valence-electron chi connectivity index (χ1n) is 15.1. The fourth-order valence-corrected chi connectivity index (χ4v) is 5.38. The Bertz CT molecular complexity index is 1850. The van der Waals surface area contributed by atoms with E-state index >= 15 is 0 Å². The smallest absolute Gasteiger partial charge is 0.407 e. The third kappa shape index (κ3) is 6.70. The fourth-order valence-electron chi connectivity index (χ4n) is 5.38. The number of carbonyl (C=O) groups excluding carboxylic acids is 1. The SMILES string of the molecule is COc1ccc(Cn2nc(NC3CCN(C(=O)O)C3)c3c(Oc4ccc(C(=O)Nc5cc(C(C)C)ccn5)cc4)ccnc32)cc1. The lowest BCUT2D eigenvalue weighted by Gasteiger charge is -2.14. The predicted octanol–water partition coefficient (Wildman–Crippen LogP) is 6.22. The molecule has 5 aromatic rings. The van der Waals surface area contributed by atoms with Crippen LogP contribution in [0.4, 0.5) is 16.4 Å². The summed E-state index contributed by atoms with van der Waals surface area (Å²) in [5.41, 5.74) is 3.16. The molecule has 1 unspecified atom stereocenters. The summed E-state index contributed by atoms with van der Waals surface area (Å²) in [6.45, 7) is 5.41. The van der Waals surface area contributed by atoms with E-state index in [9.17, 15) is 14.7 Å². The zero-order valence-corrected chi connectivity index (χ0v) is 25.8. The lowest BCUT2D eigenvalue weighted by Crippen LogP contribution is -2.30. The Balaban J connectivity index is 1.26. The summed E-state index contributed by atoms with van der Waals surface area (Å²) < 4.78 is 13.4. The van der Waals surface area contributed by atoms with Crippen molar-refractivity contribution in [3.8, 4) is 17.2 Å². The number of pyridine rings is 2. The number of hydrogen-bond donors (Lipinski definition) is 3. The molecule has 1 aliphatic heterocycles. The number of hydrogen-bond acceptors (Lipinski definition) is 8. The van der Waals surface area contributed by atoms with Gasteiger partial charge in [-0.1, -0.05) is 26.0 Å². The van der Waals surface area contributed by atoms with Crippen LogP contribution in [0.25, 0.3) is 11.0 Å². The summed E-state index contributed by atoms with van der Waals surface area (Å²) in [5.74, 6) is 2.90. The third-order valence-corrected chi connectivity index (χ3v) is 7.92. The molecule has 2 aromatic carbocycles. The quantitative estimate of drug-likeness (QED) is 0.166. The van der Waals surface area contributed by atoms with Crippen LogP contribution < -0.4 is 20.1 Å². The maximum atomic E-state index is 12.9. The lowest BCUT2D eigenvalue weighted by atomic mass is 10.1. The first kappa shape index (κ1) is 30.4. The highest BCUT2D eigenvalue weighted by atomic mass is 16.5. The van der Waals surface area contributed by atoms with Crippen molar-refractivity contribution < 1.29 is 24.2 Å². The number of fused-ring (bicyclic) bond motifs is 1. The molecule has 3 aromatic heterocycles. The molecule has 2 amide bonds. The summed E-state index contributed by atoms with van der Waals surface area (Å²) >= 11 is 0. The van der Waals surface area contributed by atoms with Gasteiger partial charge in [0.15, 0.2) is 11.5 Å². The molecule has 1 saturated heterocycles. The Kier molecular flexibility index (Phi) is 8.68. The van der Waals surface area contributed by atoms with E-state index in [2.05, 4.69) is 34.4 Å². The van der Waals surface area contributed by atoms with E-state index in [1.165, 1.54) is 4.90 Å². The number of carboxylic acid groups (broad SMARTS) is 1. The molecule has 3 N–H and O–H groups in total. The highest BCUT2D eigenvalue weighted by Gasteiger charge is 2.28. The fraction of sp³-hybridized carbons (Fsp3) is 0.265. The van der Waals surface area contributed by atoms with Crippen LogP contribution in [-0.4, -0.2) is 68.0 Å². The van der Waals surface area contributed by atoms with E-state index in [-0.39, 0.29) is 11.9 Å². The molecule has 4 heterocycles. The number of likely N-dealkylation sites (tertiary alicyclic amines) is 1. The topological polar surface area (TPSA) is 144 Å². The minimum atomic E-state index is -0.942. The standard InChI is InChI=1S/C34H35N7O5/c1-21(2)24-12-15-35-29(18-24)38-33(42)23-6-10-27(11-7-23)46-28-13-16-36-32-30(28)31(37-25-14-17-40(20-25)34(43)44)39-41(32)19-22-4-8-26(45-3)9-5-22/h4-13,15-16,18,21,25H,14,17,19-20H2,1-3H3,(H,37,39)(H,43,44)(H,35,38,42). The average Bonchev–Trinajstić information content (AvgIpc) is 3.67. The van der Waals surface area contributed by atoms with Crippen LogP contribution in [0.1, 0.15) is 47.7 Å². The molecule has 12 heteroatoms. The zero-order valence-electron chi connectivity index (χ0n) is 25.8. The number of rotatable bonds is 10. The Morgan fingerprint density at radius 2 is 1.74 bits per heavy atom. The second-order valence-corrected chi connectivity index (χ2v) is 11.4. The molecular weight excluding hydrogens is 586 g/mol. The van der Waals surface area contributed by atoms with Gasteiger partial charge in [-0.15, -0.1) is 0 Å². The normalized spacial score (nSPS) is 14.4. The Hall–Kier alpha value is -5.65. The molecule has 0 bridgehead atoms. The first-order chi connectivity index (χ1) is 22.3. The summed E-state index contributed by atoms with van der Waals surface area (Å²) in [4.78, 5) is 34.8. The van der Waals surface area contributed by atoms with Crippen LogP contribution in [0.15, 0.2) is 79.1 Å². The molecule has 0 radical (unpaired) electrons. The van der Waals surface area contributed by atoms with Gasteiger partial charge in [-0.2, -0.15) is 5.10 Å². The van der Waals surface area contributed by atoms with Gasteiger partial charge in [0.25, 0.3) is 5.91 Å². The van der Waals surface area contributed by atoms with E-state index in [0.29, 0.717) is 71.7 Å². The Morgan fingerprint density at radius 3 is 2.43 bits per heavy atom. The number of aromatic nitrogens is 4. The number of amides is 2. The van der Waals surface area contributed by atoms with Gasteiger partial charge < -0.3 is 30.1 Å². The van der Waals surface area contributed by atoms with E-state index < -0.39 is 6.09 Å². The van der Waals surface area contributed by atoms with Gasteiger partial charge in [-0.05, 0) is 72.0 Å². The number of nitrogens with zero attached hydrogens (tertiary/aromatic N) is 5. The van der Waals surface area contributed by atoms with Gasteiger partial charge in [0.2, 0.25) is 0 Å². The maximum Gasteiger partial charge on any atom is 0.407 e. The van der Waals surface area contributed by atoms with Crippen molar-refractivity contribution in [2.75, 3.05) is 30.8 Å². The predicted molar refractivity (Wildman–Crippen MR) is 174 cm³/mol. The average molecular weight is 622 g/mol. The largest absolute Gasteiger partial charge is 0.497 e. The van der Waals surface area contributed by atoms with Crippen molar-refractivity contribution in [3.63, 3.8) is 0 Å². The highest BCUT2D eigenvalue weighted by molar-refractivity contribution is 6.03. The molecule has 12 nitrogen and oxygen atoms in total. The minimum Gasteiger partial charge on any atom is -0.497 e. The van der Waals surface area contributed by atoms with Gasteiger partial charge in [0.05, 0.1) is 13.7 Å². The lowest BCUT2D eigenvalue weighted by molar-refractivity contribution is 0.102. The van der Waals surface area contributed by atoms with E-state index in [0.717, 1.165) is 16.9 Å². The van der Waals surface area contributed by atoms with E-state index in [1.54, 1.807) is 54.5 Å². The minimum absolute atomic E-state index is 0.120. The molecule has 46 heavy (non-hydrogen) atoms. The zero-order chi connectivity index (χ0) is 32.2. The van der Waals surface area contributed by atoms with Crippen LogP contribution in [-0.2, 0) is 6.54 Å². The van der Waals surface area contributed by atoms with Gasteiger partial charge >= 0.3 is 6.09 Å². The summed E-state index contributed by atoms with van der Waals surface area (Å²) in [6.07, 6.45) is 3.06. The van der Waals surface area contributed by atoms with Crippen molar-refractivity contribution in [3.05, 3.63) is 95.8 Å². The molecule has 236 valence electrons. The molecule has 6 rings (SSSR count). The molecule has 0 spiro atoms. The molecule has 1 fully saturated rings. The number of nitrogens with one attached hydrogen (secondary N) is 2. The molecule has 1 aliphatic rings. The number of benzene rings is 2. The van der Waals surface area contributed by atoms with Crippen molar-refractivity contribution in [1.82, 2.24) is 24.6 Å². The van der Waals surface area contributed by atoms with Gasteiger partial charge in [-0.3, -0.25) is 4.79 Å². The van der Waals surface area contributed by atoms with Crippen molar-refractivity contribution in [2.24, 2.45) is 0 Å². The first-order valence-corrected chi connectivity index (χ1v) is 15.1. The molecular formula is C34H35N7O5. The van der Waals surface area contributed by atoms with Gasteiger partial charge in [0.1, 0.15) is 28.5 Å². The Morgan fingerprint density at radius 1 is 1.00 bits per heavy atom. The number of carbonyl (C=O) groups is 2. The second-order valence-electron chi connectivity index (χ2n) is 11.4. The summed E-state index contributed by atoms with van der Waals surface area (Å²) in [5, 5.41) is 21.3. The highest BCUT2D eigenvalue weighted by Crippen LogP contribution is 2.35. The van der Waals surface area contributed by atoms with Crippen molar-refractivity contribution in [1.29, 1.82) is 0 Å². The molecule has 0 saturated carbocycles. The number of ether oxygens (including phenoxy) is 2. The van der Waals surface area contributed by atoms with E-state index in [4.69, 9.17) is 14.6 Å². The third-order valence-electron chi connectivity index (χ3n) is 7.92. The van der Waals surface area contributed by atoms with Crippen LogP contribution in [0.5, 0.6) is 17.2 Å². The second kappa shape index (κ2) is 13.1. The van der Waals surface area contributed by atoms with Gasteiger partial charge in [-0.25, -0.2) is 19.4 Å². The molecule has 1 atom stereocenters. The van der Waals surface area contributed by atoms with Crippen molar-refractivity contribution in [2.45, 2.75) is 38.8 Å². The maximum absolute atomic E-state index is 12.9. The van der Waals surface area contributed by atoms with Crippen LogP contribution in [0.2, 0.25) is 0 Å². The van der Waals surface area contributed by atoms with Crippen LogP contribution >= 0.6 is 0 Å². The molecule has 0 aliphatic carbocycles. The van der Waals surface area contributed by atoms with Gasteiger partial charge in [0, 0.05) is 43.2 Å². The number of methoxy groups -OCH3 is 1. The summed E-state index contributed by atoms with van der Waals surface area (Å²) in [6, 6.07) is 20.0. The van der Waals surface area contributed by atoms with Crippen molar-refractivity contribution >= 4 is 34.7 Å². The summed E-state index contributed by atoms with van der Waals surface area (Å²) in [7, 11) is 1.63. The van der Waals surface area contributed by atoms with E-state index in [1.807, 2.05) is 36.4 Å². The monoisotopic (exact) mass is 621 g/mol. The van der Waals surface area contributed by atoms with Crippen LogP contribution in [0.3, 0.4) is 0 Å². The van der Waals surface area contributed by atoms with Crippen LogP contribution in [0, 0.1) is 0 Å².